The number of imidazole rings is 1. The molecule has 0 fully saturated rings. The van der Waals surface area contributed by atoms with Crippen molar-refractivity contribution in [1.82, 2.24) is 14.5 Å². The average Bonchev–Trinajstić information content (AvgIpc) is 3.28. The lowest BCUT2D eigenvalue weighted by Gasteiger charge is -2.06. The van der Waals surface area contributed by atoms with Crippen LogP contribution in [0.25, 0.3) is 5.52 Å². The number of nitrogens with zero attached hydrogens (tertiary/aromatic N) is 3. The molecule has 4 aromatic rings. The predicted octanol–water partition coefficient (Wildman–Crippen LogP) is 3.41. The minimum Gasteiger partial charge on any atom is -0.360 e. The van der Waals surface area contributed by atoms with E-state index in [2.05, 4.69) is 20.8 Å². The molecule has 0 bridgehead atoms. The van der Waals surface area contributed by atoms with E-state index in [1.165, 1.54) is 22.7 Å². The molecule has 0 unspecified atom stereocenters. The first kappa shape index (κ1) is 18.3. The number of carbonyl (C=O) groups is 2. The summed E-state index contributed by atoms with van der Waals surface area (Å²) in [6, 6.07) is 9.59. The van der Waals surface area contributed by atoms with Crippen LogP contribution in [0.5, 0.6) is 0 Å². The van der Waals surface area contributed by atoms with E-state index in [1.807, 2.05) is 0 Å². The number of benzene rings is 1. The zero-order chi connectivity index (χ0) is 20.5. The molecule has 1 aromatic carbocycles. The maximum atomic E-state index is 13.9. The topological polar surface area (TPSA) is 102 Å². The van der Waals surface area contributed by atoms with Crippen molar-refractivity contribution in [2.75, 3.05) is 10.6 Å². The van der Waals surface area contributed by atoms with Crippen molar-refractivity contribution >= 4 is 28.8 Å². The van der Waals surface area contributed by atoms with Crippen LogP contribution < -0.4 is 10.6 Å². The van der Waals surface area contributed by atoms with Crippen molar-refractivity contribution in [2.45, 2.75) is 6.92 Å². The fraction of sp³-hybridized carbons (Fsp3) is 0.0526. The van der Waals surface area contributed by atoms with E-state index >= 15 is 0 Å². The molecule has 0 radical (unpaired) electrons. The van der Waals surface area contributed by atoms with Crippen LogP contribution in [0.4, 0.5) is 20.3 Å². The number of carbonyl (C=O) groups excluding carboxylic acids is 2. The van der Waals surface area contributed by atoms with Crippen molar-refractivity contribution in [1.29, 1.82) is 0 Å². The SMILES string of the molecule is Cc1cc(NC(=O)c2nc(C(=O)Nc3c(F)cccc3F)n3ccccc23)no1. The maximum Gasteiger partial charge on any atom is 0.292 e. The molecule has 0 aliphatic rings. The third kappa shape index (κ3) is 3.43. The first-order valence-electron chi connectivity index (χ1n) is 8.41. The van der Waals surface area contributed by atoms with Gasteiger partial charge in [-0.1, -0.05) is 17.3 Å². The lowest BCUT2D eigenvalue weighted by molar-refractivity contribution is 0.101. The fourth-order valence-electron chi connectivity index (χ4n) is 2.75. The molecule has 146 valence electrons. The number of aryl methyl sites for hydroxylation is 1. The molecule has 0 saturated carbocycles. The number of anilines is 2. The number of para-hydroxylation sites is 1. The normalized spacial score (nSPS) is 10.9. The van der Waals surface area contributed by atoms with Crippen molar-refractivity contribution < 1.29 is 22.9 Å². The summed E-state index contributed by atoms with van der Waals surface area (Å²) in [6.07, 6.45) is 1.51. The molecule has 0 aliphatic heterocycles. The Labute approximate surface area is 162 Å². The Bertz CT molecular complexity index is 1230. The van der Waals surface area contributed by atoms with Crippen LogP contribution in [-0.4, -0.2) is 26.4 Å². The molecule has 10 heteroatoms. The Morgan fingerprint density at radius 2 is 1.79 bits per heavy atom. The summed E-state index contributed by atoms with van der Waals surface area (Å²) in [5.74, 6) is -2.91. The minimum atomic E-state index is -0.932. The van der Waals surface area contributed by atoms with E-state index in [0.29, 0.717) is 11.3 Å². The number of aromatic nitrogens is 3. The van der Waals surface area contributed by atoms with Gasteiger partial charge in [0.15, 0.2) is 11.5 Å². The number of nitrogens with one attached hydrogen (secondary N) is 2. The third-order valence-electron chi connectivity index (χ3n) is 4.04. The Kier molecular flexibility index (Phi) is 4.51. The molecule has 0 spiro atoms. The van der Waals surface area contributed by atoms with E-state index in [4.69, 9.17) is 4.52 Å². The van der Waals surface area contributed by atoms with Gasteiger partial charge >= 0.3 is 0 Å². The maximum absolute atomic E-state index is 13.9. The van der Waals surface area contributed by atoms with Gasteiger partial charge in [-0.05, 0) is 31.2 Å². The standard InChI is InChI=1S/C19H13F2N5O3/c1-10-9-14(25-29-10)22-18(27)16-13-7-2-3-8-26(13)17(23-16)19(28)24-15-11(20)5-4-6-12(15)21/h2-9H,1H3,(H,24,28)(H,22,25,27). The molecule has 2 N–H and O–H groups in total. The number of rotatable bonds is 4. The number of amides is 2. The highest BCUT2D eigenvalue weighted by Gasteiger charge is 2.23. The van der Waals surface area contributed by atoms with Gasteiger partial charge in [-0.2, -0.15) is 0 Å². The zero-order valence-corrected chi connectivity index (χ0v) is 14.9. The van der Waals surface area contributed by atoms with Crippen LogP contribution in [0.3, 0.4) is 0 Å². The lowest BCUT2D eigenvalue weighted by atomic mass is 10.3. The third-order valence-corrected chi connectivity index (χ3v) is 4.04. The van der Waals surface area contributed by atoms with Crippen LogP contribution in [0, 0.1) is 18.6 Å². The highest BCUT2D eigenvalue weighted by atomic mass is 19.1. The Balaban J connectivity index is 1.70. The second kappa shape index (κ2) is 7.15. The minimum absolute atomic E-state index is 0.0644. The molecule has 3 aromatic heterocycles. The van der Waals surface area contributed by atoms with E-state index in [9.17, 15) is 18.4 Å². The fourth-order valence-corrected chi connectivity index (χ4v) is 2.75. The molecule has 8 nitrogen and oxygen atoms in total. The summed E-state index contributed by atoms with van der Waals surface area (Å²) >= 11 is 0. The van der Waals surface area contributed by atoms with E-state index in [1.54, 1.807) is 25.1 Å². The van der Waals surface area contributed by atoms with E-state index in [0.717, 1.165) is 12.1 Å². The van der Waals surface area contributed by atoms with Gasteiger partial charge in [0.05, 0.1) is 5.52 Å². The van der Waals surface area contributed by atoms with Gasteiger partial charge in [0, 0.05) is 12.3 Å². The average molecular weight is 397 g/mol. The van der Waals surface area contributed by atoms with Crippen LogP contribution in [0.1, 0.15) is 26.9 Å². The smallest absolute Gasteiger partial charge is 0.292 e. The molecular weight excluding hydrogens is 384 g/mol. The van der Waals surface area contributed by atoms with Crippen LogP contribution in [0.2, 0.25) is 0 Å². The van der Waals surface area contributed by atoms with Crippen molar-refractivity contribution in [3.05, 3.63) is 77.6 Å². The molecule has 0 saturated heterocycles. The number of pyridine rings is 1. The molecule has 0 atom stereocenters. The lowest BCUT2D eigenvalue weighted by Crippen LogP contribution is -2.18. The van der Waals surface area contributed by atoms with Gasteiger partial charge in [-0.15, -0.1) is 0 Å². The Morgan fingerprint density at radius 3 is 2.48 bits per heavy atom. The van der Waals surface area contributed by atoms with Gasteiger partial charge in [-0.3, -0.25) is 14.0 Å². The van der Waals surface area contributed by atoms with Crippen molar-refractivity contribution in [3.8, 4) is 0 Å². The summed E-state index contributed by atoms with van der Waals surface area (Å²) in [6.45, 7) is 1.67. The van der Waals surface area contributed by atoms with Crippen molar-refractivity contribution in [2.24, 2.45) is 0 Å². The summed E-state index contributed by atoms with van der Waals surface area (Å²) in [5, 5.41) is 8.36. The predicted molar refractivity (Wildman–Crippen MR) is 98.7 cm³/mol. The van der Waals surface area contributed by atoms with Crippen LogP contribution in [0.15, 0.2) is 53.2 Å². The van der Waals surface area contributed by atoms with Crippen LogP contribution in [-0.2, 0) is 0 Å². The first-order valence-corrected chi connectivity index (χ1v) is 8.41. The molecule has 0 aliphatic carbocycles. The van der Waals surface area contributed by atoms with Gasteiger partial charge in [0.2, 0.25) is 5.82 Å². The molecule has 3 heterocycles. The summed E-state index contributed by atoms with van der Waals surface area (Å²) in [4.78, 5) is 29.3. The van der Waals surface area contributed by atoms with Gasteiger partial charge in [0.25, 0.3) is 11.8 Å². The number of halogens is 2. The van der Waals surface area contributed by atoms with Gasteiger partial charge < -0.3 is 15.2 Å². The molecule has 4 rings (SSSR count). The van der Waals surface area contributed by atoms with Gasteiger partial charge in [0.1, 0.15) is 23.1 Å². The summed E-state index contributed by atoms with van der Waals surface area (Å²) in [5.41, 5.74) is -0.343. The number of fused-ring (bicyclic) bond motifs is 1. The highest BCUT2D eigenvalue weighted by Crippen LogP contribution is 2.21. The Hall–Kier alpha value is -4.08. The van der Waals surface area contributed by atoms with E-state index < -0.39 is 29.1 Å². The largest absolute Gasteiger partial charge is 0.360 e. The monoisotopic (exact) mass is 397 g/mol. The highest BCUT2D eigenvalue weighted by molar-refractivity contribution is 6.10. The number of hydrogen-bond donors (Lipinski definition) is 2. The Morgan fingerprint density at radius 1 is 1.03 bits per heavy atom. The summed E-state index contributed by atoms with van der Waals surface area (Å²) in [7, 11) is 0. The zero-order valence-electron chi connectivity index (χ0n) is 14.9. The molecule has 29 heavy (non-hydrogen) atoms. The molecule has 2 amide bonds. The quantitative estimate of drug-likeness (QED) is 0.550. The second-order valence-electron chi connectivity index (χ2n) is 6.07. The summed E-state index contributed by atoms with van der Waals surface area (Å²) < 4.78 is 34.0. The molecular formula is C19H13F2N5O3. The van der Waals surface area contributed by atoms with Crippen LogP contribution >= 0.6 is 0 Å². The van der Waals surface area contributed by atoms with Gasteiger partial charge in [-0.25, -0.2) is 13.8 Å². The number of hydrogen-bond acceptors (Lipinski definition) is 5. The second-order valence-corrected chi connectivity index (χ2v) is 6.07. The first-order chi connectivity index (χ1) is 13.9. The van der Waals surface area contributed by atoms with E-state index in [-0.39, 0.29) is 17.3 Å². The van der Waals surface area contributed by atoms with Crippen molar-refractivity contribution in [3.63, 3.8) is 0 Å².